The Morgan fingerprint density at radius 1 is 1.09 bits per heavy atom. The molecule has 0 spiro atoms. The van der Waals surface area contributed by atoms with Gasteiger partial charge < -0.3 is 14.4 Å². The van der Waals surface area contributed by atoms with Crippen LogP contribution in [0.3, 0.4) is 0 Å². The number of fused-ring (bicyclic) bond motifs is 2. The van der Waals surface area contributed by atoms with Gasteiger partial charge in [-0.3, -0.25) is 4.79 Å². The van der Waals surface area contributed by atoms with Crippen molar-refractivity contribution >= 4 is 5.78 Å². The van der Waals surface area contributed by atoms with Crippen LogP contribution in [0.5, 0.6) is 11.5 Å². The lowest BCUT2D eigenvalue weighted by Crippen LogP contribution is -2.51. The van der Waals surface area contributed by atoms with E-state index in [4.69, 9.17) is 9.47 Å². The summed E-state index contributed by atoms with van der Waals surface area (Å²) in [5.74, 6) is 1.50. The van der Waals surface area contributed by atoms with E-state index in [1.54, 1.807) is 14.2 Å². The van der Waals surface area contributed by atoms with Gasteiger partial charge in [-0.15, -0.1) is 0 Å². The van der Waals surface area contributed by atoms with Crippen molar-refractivity contribution in [3.8, 4) is 11.5 Å². The summed E-state index contributed by atoms with van der Waals surface area (Å²) in [6.45, 7) is 0. The molecule has 0 amide bonds. The highest BCUT2D eigenvalue weighted by atomic mass is 16.5. The molecule has 2 heterocycles. The second-order valence-electron chi connectivity index (χ2n) is 6.47. The predicted molar refractivity (Wildman–Crippen MR) is 85.8 cm³/mol. The number of piperidine rings is 2. The zero-order valence-corrected chi connectivity index (χ0v) is 13.7. The molecule has 3 rings (SSSR count). The molecule has 1 aromatic rings. The topological polar surface area (TPSA) is 38.8 Å². The number of hydrogen-bond donors (Lipinski definition) is 0. The van der Waals surface area contributed by atoms with Gasteiger partial charge in [0, 0.05) is 18.0 Å². The summed E-state index contributed by atoms with van der Waals surface area (Å²) in [6, 6.07) is 6.62. The summed E-state index contributed by atoms with van der Waals surface area (Å²) in [6.07, 6.45) is 5.61. The van der Waals surface area contributed by atoms with Crippen LogP contribution in [-0.4, -0.2) is 44.0 Å². The molecule has 2 aliphatic rings. The second-order valence-corrected chi connectivity index (χ2v) is 6.47. The van der Waals surface area contributed by atoms with Gasteiger partial charge in [0.1, 0.15) is 17.1 Å². The van der Waals surface area contributed by atoms with Crippen molar-refractivity contribution < 1.29 is 14.3 Å². The fourth-order valence-electron chi connectivity index (χ4n) is 4.13. The minimum absolute atomic E-state index is 0.0803. The number of rotatable bonds is 4. The van der Waals surface area contributed by atoms with E-state index in [2.05, 4.69) is 11.9 Å². The van der Waals surface area contributed by atoms with Gasteiger partial charge in [-0.2, -0.15) is 0 Å². The highest BCUT2D eigenvalue weighted by Gasteiger charge is 2.40. The van der Waals surface area contributed by atoms with Gasteiger partial charge in [-0.25, -0.2) is 0 Å². The van der Waals surface area contributed by atoms with Gasteiger partial charge in [-0.05, 0) is 44.9 Å². The number of carbonyl (C=O) groups is 1. The first-order valence-corrected chi connectivity index (χ1v) is 8.12. The molecule has 22 heavy (non-hydrogen) atoms. The van der Waals surface area contributed by atoms with Gasteiger partial charge in [0.2, 0.25) is 0 Å². The highest BCUT2D eigenvalue weighted by molar-refractivity contribution is 6.03. The fourth-order valence-corrected chi connectivity index (χ4v) is 4.13. The molecule has 1 aromatic carbocycles. The van der Waals surface area contributed by atoms with E-state index in [0.717, 1.165) is 12.8 Å². The molecular formula is C18H25NO3. The molecular weight excluding hydrogens is 278 g/mol. The van der Waals surface area contributed by atoms with Gasteiger partial charge in [-0.1, -0.05) is 12.5 Å². The maximum absolute atomic E-state index is 13.1. The van der Waals surface area contributed by atoms with Crippen LogP contribution in [0.1, 0.15) is 42.5 Å². The zero-order valence-electron chi connectivity index (χ0n) is 13.7. The molecule has 0 aliphatic carbocycles. The van der Waals surface area contributed by atoms with Crippen molar-refractivity contribution in [2.75, 3.05) is 21.3 Å². The number of benzene rings is 1. The fraction of sp³-hybridized carbons (Fsp3) is 0.611. The standard InChI is InChI=1S/C18H25NO3/c1-19-13-6-4-7-14(19)11-12(10-13)18(20)17-15(21-2)8-5-9-16(17)22-3/h5,8-9,12-14H,4,6-7,10-11H2,1-3H3. The minimum atomic E-state index is 0.0803. The Balaban J connectivity index is 1.88. The molecule has 2 fully saturated rings. The van der Waals surface area contributed by atoms with E-state index in [9.17, 15) is 4.79 Å². The van der Waals surface area contributed by atoms with E-state index in [1.807, 2.05) is 18.2 Å². The lowest BCUT2D eigenvalue weighted by Gasteiger charge is -2.46. The van der Waals surface area contributed by atoms with E-state index < -0.39 is 0 Å². The molecule has 4 nitrogen and oxygen atoms in total. The number of ketones is 1. The Kier molecular flexibility index (Phi) is 4.39. The molecule has 0 radical (unpaired) electrons. The van der Waals surface area contributed by atoms with E-state index in [0.29, 0.717) is 29.1 Å². The van der Waals surface area contributed by atoms with Crippen molar-refractivity contribution in [1.29, 1.82) is 0 Å². The Morgan fingerprint density at radius 2 is 1.64 bits per heavy atom. The summed E-state index contributed by atoms with van der Waals surface area (Å²) >= 11 is 0. The van der Waals surface area contributed by atoms with Crippen LogP contribution in [0.15, 0.2) is 18.2 Å². The first-order chi connectivity index (χ1) is 10.7. The van der Waals surface area contributed by atoms with Crippen molar-refractivity contribution in [1.82, 2.24) is 4.90 Å². The Labute approximate surface area is 132 Å². The number of carbonyl (C=O) groups excluding carboxylic acids is 1. The molecule has 2 aliphatic heterocycles. The smallest absolute Gasteiger partial charge is 0.173 e. The number of nitrogens with zero attached hydrogens (tertiary/aromatic N) is 1. The Hall–Kier alpha value is -1.55. The van der Waals surface area contributed by atoms with E-state index in [1.165, 1.54) is 19.3 Å². The predicted octanol–water partition coefficient (Wildman–Crippen LogP) is 3.15. The number of ether oxygens (including phenoxy) is 2. The SMILES string of the molecule is COc1cccc(OC)c1C(=O)C1CC2CCCC(C1)N2C. The largest absolute Gasteiger partial charge is 0.496 e. The molecule has 2 bridgehead atoms. The minimum Gasteiger partial charge on any atom is -0.496 e. The van der Waals surface area contributed by atoms with Gasteiger partial charge in [0.05, 0.1) is 14.2 Å². The first-order valence-electron chi connectivity index (χ1n) is 8.12. The number of Topliss-reactive ketones (excluding diaryl/α,β-unsaturated/α-hetero) is 1. The zero-order chi connectivity index (χ0) is 15.7. The maximum atomic E-state index is 13.1. The normalized spacial score (nSPS) is 28.2. The number of hydrogen-bond acceptors (Lipinski definition) is 4. The van der Waals surface area contributed by atoms with Crippen molar-refractivity contribution in [2.45, 2.75) is 44.2 Å². The number of methoxy groups -OCH3 is 2. The molecule has 120 valence electrons. The third-order valence-electron chi connectivity index (χ3n) is 5.38. The van der Waals surface area contributed by atoms with Gasteiger partial charge in [0.15, 0.2) is 5.78 Å². The lowest BCUT2D eigenvalue weighted by molar-refractivity contribution is 0.0336. The molecule has 0 saturated carbocycles. The molecule has 2 saturated heterocycles. The highest BCUT2D eigenvalue weighted by Crippen LogP contribution is 2.40. The van der Waals surface area contributed by atoms with Crippen molar-refractivity contribution in [3.63, 3.8) is 0 Å². The third kappa shape index (κ3) is 2.60. The lowest BCUT2D eigenvalue weighted by atomic mass is 9.76. The summed E-state index contributed by atoms with van der Waals surface area (Å²) in [5.41, 5.74) is 0.611. The van der Waals surface area contributed by atoms with Crippen LogP contribution in [0.25, 0.3) is 0 Å². The molecule has 2 atom stereocenters. The van der Waals surface area contributed by atoms with E-state index in [-0.39, 0.29) is 11.7 Å². The van der Waals surface area contributed by atoms with Gasteiger partial charge >= 0.3 is 0 Å². The second kappa shape index (κ2) is 6.29. The summed E-state index contributed by atoms with van der Waals surface area (Å²) < 4.78 is 10.8. The summed E-state index contributed by atoms with van der Waals surface area (Å²) in [5, 5.41) is 0. The maximum Gasteiger partial charge on any atom is 0.173 e. The molecule has 0 aromatic heterocycles. The average molecular weight is 303 g/mol. The molecule has 2 unspecified atom stereocenters. The Bertz CT molecular complexity index is 521. The van der Waals surface area contributed by atoms with Crippen LogP contribution >= 0.6 is 0 Å². The summed E-state index contributed by atoms with van der Waals surface area (Å²) in [7, 11) is 5.42. The summed E-state index contributed by atoms with van der Waals surface area (Å²) in [4.78, 5) is 15.6. The molecule has 0 N–H and O–H groups in total. The Morgan fingerprint density at radius 3 is 2.14 bits per heavy atom. The van der Waals surface area contributed by atoms with Crippen LogP contribution in [0, 0.1) is 5.92 Å². The van der Waals surface area contributed by atoms with Crippen LogP contribution in [0.2, 0.25) is 0 Å². The quantitative estimate of drug-likeness (QED) is 0.801. The van der Waals surface area contributed by atoms with Gasteiger partial charge in [0.25, 0.3) is 0 Å². The average Bonchev–Trinajstić information content (AvgIpc) is 2.53. The first kappa shape index (κ1) is 15.3. The van der Waals surface area contributed by atoms with Crippen molar-refractivity contribution in [3.05, 3.63) is 23.8 Å². The van der Waals surface area contributed by atoms with E-state index >= 15 is 0 Å². The van der Waals surface area contributed by atoms with Crippen molar-refractivity contribution in [2.24, 2.45) is 5.92 Å². The van der Waals surface area contributed by atoms with Crippen LogP contribution in [-0.2, 0) is 0 Å². The molecule has 4 heteroatoms. The monoisotopic (exact) mass is 303 g/mol. The van der Waals surface area contributed by atoms with Crippen LogP contribution in [0.4, 0.5) is 0 Å². The third-order valence-corrected chi connectivity index (χ3v) is 5.38. The van der Waals surface area contributed by atoms with Crippen LogP contribution < -0.4 is 9.47 Å².